The number of fused-ring (bicyclic) bond motifs is 1. The molecule has 0 radical (unpaired) electrons. The second-order valence-electron chi connectivity index (χ2n) is 5.15. The second kappa shape index (κ2) is 5.00. The van der Waals surface area contributed by atoms with Gasteiger partial charge in [0.05, 0.1) is 24.5 Å². The Hall–Kier alpha value is -2.29. The highest BCUT2D eigenvalue weighted by atomic mass is 16.5. The van der Waals surface area contributed by atoms with Crippen LogP contribution in [0.3, 0.4) is 0 Å². The summed E-state index contributed by atoms with van der Waals surface area (Å²) in [7, 11) is 1.68. The van der Waals surface area contributed by atoms with Crippen molar-refractivity contribution in [3.63, 3.8) is 0 Å². The van der Waals surface area contributed by atoms with E-state index in [0.29, 0.717) is 0 Å². The van der Waals surface area contributed by atoms with Gasteiger partial charge in [0.15, 0.2) is 0 Å². The summed E-state index contributed by atoms with van der Waals surface area (Å²) in [5.74, 6) is 0.885. The molecule has 0 saturated carbocycles. The number of nitrogens with zero attached hydrogens (tertiary/aromatic N) is 2. The molecule has 2 aromatic carbocycles. The maximum atomic E-state index is 5.18. The summed E-state index contributed by atoms with van der Waals surface area (Å²) in [6.07, 6.45) is 1.91. The predicted molar refractivity (Wildman–Crippen MR) is 81.3 cm³/mol. The molecule has 0 amide bonds. The molecule has 0 saturated heterocycles. The lowest BCUT2D eigenvalue weighted by molar-refractivity contribution is 0.414. The number of hydrogen-bond acceptors (Lipinski definition) is 2. The van der Waals surface area contributed by atoms with Crippen LogP contribution < -0.4 is 4.74 Å². The number of rotatable bonds is 3. The van der Waals surface area contributed by atoms with Crippen LogP contribution in [-0.2, 0) is 6.54 Å². The summed E-state index contributed by atoms with van der Waals surface area (Å²) in [5, 5.41) is 0. The van der Waals surface area contributed by atoms with Gasteiger partial charge in [-0.3, -0.25) is 0 Å². The molecule has 1 aromatic heterocycles. The van der Waals surface area contributed by atoms with E-state index in [1.54, 1.807) is 7.11 Å². The second-order valence-corrected chi connectivity index (χ2v) is 5.15. The van der Waals surface area contributed by atoms with Gasteiger partial charge in [0.25, 0.3) is 0 Å². The molecule has 0 fully saturated rings. The van der Waals surface area contributed by atoms with Crippen molar-refractivity contribution < 1.29 is 4.74 Å². The Morgan fingerprint density at radius 2 is 1.75 bits per heavy atom. The third-order valence-corrected chi connectivity index (χ3v) is 3.75. The molecule has 0 aliphatic carbocycles. The van der Waals surface area contributed by atoms with E-state index in [9.17, 15) is 0 Å². The topological polar surface area (TPSA) is 27.1 Å². The van der Waals surface area contributed by atoms with Gasteiger partial charge in [0, 0.05) is 6.54 Å². The predicted octanol–water partition coefficient (Wildman–Crippen LogP) is 3.71. The van der Waals surface area contributed by atoms with Crippen molar-refractivity contribution in [2.75, 3.05) is 7.11 Å². The quantitative estimate of drug-likeness (QED) is 0.722. The summed E-state index contributed by atoms with van der Waals surface area (Å²) < 4.78 is 7.37. The third-order valence-electron chi connectivity index (χ3n) is 3.75. The highest BCUT2D eigenvalue weighted by molar-refractivity contribution is 5.77. The Morgan fingerprint density at radius 3 is 2.45 bits per heavy atom. The van der Waals surface area contributed by atoms with Crippen LogP contribution in [0.15, 0.2) is 42.7 Å². The molecule has 102 valence electrons. The first-order chi connectivity index (χ1) is 9.67. The van der Waals surface area contributed by atoms with Gasteiger partial charge in [-0.05, 0) is 54.8 Å². The van der Waals surface area contributed by atoms with Crippen molar-refractivity contribution in [3.8, 4) is 5.75 Å². The molecule has 0 aliphatic rings. The fourth-order valence-electron chi connectivity index (χ4n) is 2.37. The number of imidazole rings is 1. The minimum Gasteiger partial charge on any atom is -0.497 e. The number of aryl methyl sites for hydroxylation is 2. The molecule has 0 spiro atoms. The van der Waals surface area contributed by atoms with Crippen LogP contribution in [0.5, 0.6) is 5.75 Å². The maximum Gasteiger partial charge on any atom is 0.118 e. The van der Waals surface area contributed by atoms with Gasteiger partial charge in [0.2, 0.25) is 0 Å². The molecular weight excluding hydrogens is 248 g/mol. The summed E-state index contributed by atoms with van der Waals surface area (Å²) in [6.45, 7) is 5.08. The minimum absolute atomic E-state index is 0.822. The van der Waals surface area contributed by atoms with Crippen LogP contribution in [0.1, 0.15) is 16.7 Å². The van der Waals surface area contributed by atoms with Gasteiger partial charge in [0.1, 0.15) is 5.75 Å². The van der Waals surface area contributed by atoms with Crippen molar-refractivity contribution in [1.82, 2.24) is 9.55 Å². The molecule has 0 aliphatic heterocycles. The van der Waals surface area contributed by atoms with E-state index >= 15 is 0 Å². The number of ether oxygens (including phenoxy) is 1. The lowest BCUT2D eigenvalue weighted by Gasteiger charge is -2.07. The standard InChI is InChI=1S/C17H18N2O/c1-12-8-16-17(9-13(12)2)19(11-18-16)10-14-4-6-15(20-3)7-5-14/h4-9,11H,10H2,1-3H3. The summed E-state index contributed by atoms with van der Waals surface area (Å²) in [6, 6.07) is 12.5. The Balaban J connectivity index is 1.95. The molecule has 0 atom stereocenters. The normalized spacial score (nSPS) is 10.9. The average Bonchev–Trinajstić information content (AvgIpc) is 2.83. The number of hydrogen-bond donors (Lipinski definition) is 0. The van der Waals surface area contributed by atoms with Crippen LogP contribution in [0.4, 0.5) is 0 Å². The van der Waals surface area contributed by atoms with Crippen molar-refractivity contribution in [3.05, 3.63) is 59.4 Å². The summed E-state index contributed by atoms with van der Waals surface area (Å²) in [5.41, 5.74) is 6.06. The average molecular weight is 266 g/mol. The third kappa shape index (κ3) is 2.27. The van der Waals surface area contributed by atoms with Gasteiger partial charge < -0.3 is 9.30 Å². The number of benzene rings is 2. The summed E-state index contributed by atoms with van der Waals surface area (Å²) in [4.78, 5) is 4.49. The molecule has 0 N–H and O–H groups in total. The van der Waals surface area contributed by atoms with Crippen molar-refractivity contribution in [2.45, 2.75) is 20.4 Å². The first kappa shape index (κ1) is 12.7. The lowest BCUT2D eigenvalue weighted by Crippen LogP contribution is -1.98. The molecule has 1 heterocycles. The lowest BCUT2D eigenvalue weighted by atomic mass is 10.1. The number of aromatic nitrogens is 2. The van der Waals surface area contributed by atoms with E-state index in [4.69, 9.17) is 4.74 Å². The molecule has 3 aromatic rings. The molecule has 3 rings (SSSR count). The van der Waals surface area contributed by atoms with Crippen LogP contribution in [-0.4, -0.2) is 16.7 Å². The first-order valence-corrected chi connectivity index (χ1v) is 6.72. The van der Waals surface area contributed by atoms with Crippen molar-refractivity contribution in [2.24, 2.45) is 0 Å². The Labute approximate surface area is 118 Å². The molecule has 0 bridgehead atoms. The van der Waals surface area contributed by atoms with Gasteiger partial charge in [-0.15, -0.1) is 0 Å². The van der Waals surface area contributed by atoms with Gasteiger partial charge in [-0.1, -0.05) is 12.1 Å². The van der Waals surface area contributed by atoms with Crippen LogP contribution >= 0.6 is 0 Å². The zero-order valence-electron chi connectivity index (χ0n) is 12.1. The van der Waals surface area contributed by atoms with E-state index < -0.39 is 0 Å². The zero-order valence-corrected chi connectivity index (χ0v) is 12.1. The molecular formula is C17H18N2O. The largest absolute Gasteiger partial charge is 0.497 e. The molecule has 0 unspecified atom stereocenters. The SMILES string of the molecule is COc1ccc(Cn2cnc3cc(C)c(C)cc32)cc1. The van der Waals surface area contributed by atoms with Crippen LogP contribution in [0.2, 0.25) is 0 Å². The van der Waals surface area contributed by atoms with Crippen molar-refractivity contribution >= 4 is 11.0 Å². The van der Waals surface area contributed by atoms with Crippen molar-refractivity contribution in [1.29, 1.82) is 0 Å². The van der Waals surface area contributed by atoms with Gasteiger partial charge in [-0.2, -0.15) is 0 Å². The molecule has 20 heavy (non-hydrogen) atoms. The zero-order chi connectivity index (χ0) is 14.1. The fourth-order valence-corrected chi connectivity index (χ4v) is 2.37. The van der Waals surface area contributed by atoms with Crippen LogP contribution in [0.25, 0.3) is 11.0 Å². The van der Waals surface area contributed by atoms with Crippen LogP contribution in [0, 0.1) is 13.8 Å². The minimum atomic E-state index is 0.822. The monoisotopic (exact) mass is 266 g/mol. The van der Waals surface area contributed by atoms with E-state index in [1.807, 2.05) is 18.5 Å². The fraction of sp³-hybridized carbons (Fsp3) is 0.235. The highest BCUT2D eigenvalue weighted by Gasteiger charge is 2.05. The Morgan fingerprint density at radius 1 is 1.05 bits per heavy atom. The summed E-state index contributed by atoms with van der Waals surface area (Å²) >= 11 is 0. The van der Waals surface area contributed by atoms with Gasteiger partial charge >= 0.3 is 0 Å². The van der Waals surface area contributed by atoms with E-state index in [-0.39, 0.29) is 0 Å². The van der Waals surface area contributed by atoms with E-state index in [0.717, 1.165) is 17.8 Å². The smallest absolute Gasteiger partial charge is 0.118 e. The Kier molecular flexibility index (Phi) is 3.18. The molecule has 3 nitrogen and oxygen atoms in total. The van der Waals surface area contributed by atoms with Gasteiger partial charge in [-0.25, -0.2) is 4.98 Å². The number of methoxy groups -OCH3 is 1. The molecule has 3 heteroatoms. The first-order valence-electron chi connectivity index (χ1n) is 6.72. The highest BCUT2D eigenvalue weighted by Crippen LogP contribution is 2.20. The Bertz CT molecular complexity index is 742. The maximum absolute atomic E-state index is 5.18. The van der Waals surface area contributed by atoms with E-state index in [1.165, 1.54) is 22.2 Å². The van der Waals surface area contributed by atoms with E-state index in [2.05, 4.69) is 47.7 Å².